The molecule has 0 atom stereocenters. The van der Waals surface area contributed by atoms with Gasteiger partial charge in [-0.3, -0.25) is 0 Å². The fourth-order valence-corrected chi connectivity index (χ4v) is 4.40. The molecule has 1 aromatic heterocycles. The molecule has 0 unspecified atom stereocenters. The topological polar surface area (TPSA) is 72.6 Å². The maximum absolute atomic E-state index is 12.2. The molecule has 1 heterocycles. The van der Waals surface area contributed by atoms with Crippen LogP contribution in [0.4, 0.5) is 0 Å². The number of oxazole rings is 1. The number of carboxylic acid groups (broad SMARTS) is 1. The third kappa shape index (κ3) is 4.78. The molecule has 0 radical (unpaired) electrons. The number of benzene rings is 4. The zero-order chi connectivity index (χ0) is 23.5. The molecular weight excluding hydrogens is 470 g/mol. The van der Waals surface area contributed by atoms with E-state index in [4.69, 9.17) is 20.8 Å². The van der Waals surface area contributed by atoms with Crippen molar-refractivity contribution >= 4 is 57.3 Å². The van der Waals surface area contributed by atoms with Gasteiger partial charge < -0.3 is 14.3 Å². The number of thioether (sulfide) groups is 1. The van der Waals surface area contributed by atoms with Crippen molar-refractivity contribution in [2.45, 2.75) is 11.8 Å². The van der Waals surface area contributed by atoms with Gasteiger partial charge in [0.15, 0.2) is 5.58 Å². The maximum atomic E-state index is 12.2. The summed E-state index contributed by atoms with van der Waals surface area (Å²) in [6.45, 7) is 0.316. The number of nitrogens with zero attached hydrogens (tertiary/aromatic N) is 1. The minimum Gasteiger partial charge on any atom is -0.488 e. The zero-order valence-corrected chi connectivity index (χ0v) is 19.3. The fraction of sp³-hybridized carbons (Fsp3) is 0.0370. The standard InChI is InChI=1S/C27H18ClNO4S/c28-19-12-9-17(10-13-19)16-32-23-14-11-18-5-1-2-6-20(18)21(23)15-25(26(30)31)34-27-29-22-7-3-4-8-24(22)33-27/h1-15H,16H2,(H,30,31)/b25-15-. The molecule has 0 fully saturated rings. The maximum Gasteiger partial charge on any atom is 0.342 e. The average molecular weight is 488 g/mol. The summed E-state index contributed by atoms with van der Waals surface area (Å²) in [7, 11) is 0. The third-order valence-electron chi connectivity index (χ3n) is 5.20. The van der Waals surface area contributed by atoms with Crippen molar-refractivity contribution in [1.82, 2.24) is 4.98 Å². The molecule has 0 aliphatic heterocycles. The number of aliphatic carboxylic acids is 1. The molecule has 0 spiro atoms. The van der Waals surface area contributed by atoms with Gasteiger partial charge >= 0.3 is 5.97 Å². The number of para-hydroxylation sites is 2. The quantitative estimate of drug-likeness (QED) is 0.190. The van der Waals surface area contributed by atoms with E-state index in [9.17, 15) is 9.90 Å². The number of carbonyl (C=O) groups is 1. The number of aromatic nitrogens is 1. The van der Waals surface area contributed by atoms with Crippen molar-refractivity contribution < 1.29 is 19.1 Å². The van der Waals surface area contributed by atoms with Gasteiger partial charge in [-0.25, -0.2) is 9.78 Å². The predicted molar refractivity (Wildman–Crippen MR) is 135 cm³/mol. The lowest BCUT2D eigenvalue weighted by atomic mass is 10.0. The van der Waals surface area contributed by atoms with Gasteiger partial charge in [-0.15, -0.1) is 0 Å². The van der Waals surface area contributed by atoms with Crippen LogP contribution < -0.4 is 4.74 Å². The fourth-order valence-electron chi connectivity index (χ4n) is 3.55. The van der Waals surface area contributed by atoms with Gasteiger partial charge in [-0.05, 0) is 64.5 Å². The Labute approximate surface area is 204 Å². The molecule has 34 heavy (non-hydrogen) atoms. The largest absolute Gasteiger partial charge is 0.488 e. The first-order valence-corrected chi connectivity index (χ1v) is 11.6. The van der Waals surface area contributed by atoms with Gasteiger partial charge in [0, 0.05) is 10.6 Å². The minimum atomic E-state index is -1.08. The third-order valence-corrected chi connectivity index (χ3v) is 6.31. The molecule has 5 nitrogen and oxygen atoms in total. The first-order chi connectivity index (χ1) is 16.6. The van der Waals surface area contributed by atoms with Gasteiger partial charge in [0.25, 0.3) is 5.22 Å². The summed E-state index contributed by atoms with van der Waals surface area (Å²) < 4.78 is 11.8. The zero-order valence-electron chi connectivity index (χ0n) is 17.8. The van der Waals surface area contributed by atoms with Gasteiger partial charge in [0.1, 0.15) is 22.8 Å². The molecule has 5 rings (SSSR count). The van der Waals surface area contributed by atoms with Crippen LogP contribution in [0.5, 0.6) is 5.75 Å². The molecular formula is C27H18ClNO4S. The van der Waals surface area contributed by atoms with E-state index in [0.29, 0.717) is 34.0 Å². The highest BCUT2D eigenvalue weighted by molar-refractivity contribution is 8.03. The first-order valence-electron chi connectivity index (χ1n) is 10.4. The number of ether oxygens (including phenoxy) is 1. The monoisotopic (exact) mass is 487 g/mol. The molecule has 4 aromatic carbocycles. The summed E-state index contributed by atoms with van der Waals surface area (Å²) in [5, 5.41) is 12.7. The highest BCUT2D eigenvalue weighted by Gasteiger charge is 2.17. The van der Waals surface area contributed by atoms with Crippen LogP contribution in [-0.4, -0.2) is 16.1 Å². The van der Waals surface area contributed by atoms with E-state index >= 15 is 0 Å². The average Bonchev–Trinajstić information content (AvgIpc) is 3.26. The Kier molecular flexibility index (Phi) is 6.25. The number of hydrogen-bond acceptors (Lipinski definition) is 5. The summed E-state index contributed by atoms with van der Waals surface area (Å²) in [6.07, 6.45) is 1.61. The van der Waals surface area contributed by atoms with Crippen LogP contribution in [0.25, 0.3) is 27.9 Å². The Bertz CT molecular complexity index is 1490. The number of hydrogen-bond donors (Lipinski definition) is 1. The van der Waals surface area contributed by atoms with Crippen LogP contribution in [0.2, 0.25) is 5.02 Å². The molecule has 0 amide bonds. The Morgan fingerprint density at radius 3 is 2.56 bits per heavy atom. The summed E-state index contributed by atoms with van der Waals surface area (Å²) in [5.41, 5.74) is 2.90. The molecule has 0 saturated carbocycles. The van der Waals surface area contributed by atoms with Gasteiger partial charge in [-0.2, -0.15) is 0 Å². The molecule has 7 heteroatoms. The second-order valence-electron chi connectivity index (χ2n) is 7.48. The van der Waals surface area contributed by atoms with E-state index in [1.165, 1.54) is 0 Å². The van der Waals surface area contributed by atoms with Crippen LogP contribution in [0.1, 0.15) is 11.1 Å². The SMILES string of the molecule is O=C(O)/C(=C/c1c(OCc2ccc(Cl)cc2)ccc2ccccc12)Sc1nc2ccccc2o1. The predicted octanol–water partition coefficient (Wildman–Crippen LogP) is 7.43. The highest BCUT2D eigenvalue weighted by Crippen LogP contribution is 2.35. The number of fused-ring (bicyclic) bond motifs is 2. The molecule has 168 valence electrons. The molecule has 5 aromatic rings. The Morgan fingerprint density at radius 1 is 1.00 bits per heavy atom. The van der Waals surface area contributed by atoms with Crippen LogP contribution in [0, 0.1) is 0 Å². The summed E-state index contributed by atoms with van der Waals surface area (Å²) in [6, 6.07) is 26.3. The highest BCUT2D eigenvalue weighted by atomic mass is 35.5. The lowest BCUT2D eigenvalue weighted by Gasteiger charge is -2.13. The lowest BCUT2D eigenvalue weighted by molar-refractivity contribution is -0.131. The van der Waals surface area contributed by atoms with Crippen molar-refractivity contribution in [3.05, 3.63) is 106 Å². The van der Waals surface area contributed by atoms with E-state index in [0.717, 1.165) is 28.1 Å². The van der Waals surface area contributed by atoms with E-state index in [1.54, 1.807) is 24.3 Å². The first kappa shape index (κ1) is 22.1. The molecule has 0 bridgehead atoms. The van der Waals surface area contributed by atoms with E-state index in [2.05, 4.69) is 4.98 Å². The van der Waals surface area contributed by atoms with Gasteiger partial charge in [0.05, 0.1) is 0 Å². The number of rotatable bonds is 7. The molecule has 0 saturated heterocycles. The van der Waals surface area contributed by atoms with E-state index < -0.39 is 5.97 Å². The van der Waals surface area contributed by atoms with Crippen LogP contribution in [-0.2, 0) is 11.4 Å². The van der Waals surface area contributed by atoms with Crippen molar-refractivity contribution in [3.8, 4) is 5.75 Å². The summed E-state index contributed by atoms with van der Waals surface area (Å²) in [5.74, 6) is -0.505. The summed E-state index contributed by atoms with van der Waals surface area (Å²) >= 11 is 6.94. The second-order valence-corrected chi connectivity index (χ2v) is 8.91. The van der Waals surface area contributed by atoms with E-state index in [1.807, 2.05) is 66.7 Å². The molecule has 0 aliphatic rings. The van der Waals surface area contributed by atoms with Gasteiger partial charge in [0.2, 0.25) is 0 Å². The van der Waals surface area contributed by atoms with Crippen molar-refractivity contribution in [3.63, 3.8) is 0 Å². The van der Waals surface area contributed by atoms with Gasteiger partial charge in [-0.1, -0.05) is 66.2 Å². The van der Waals surface area contributed by atoms with E-state index in [-0.39, 0.29) is 10.1 Å². The number of carboxylic acids is 1. The van der Waals surface area contributed by atoms with Crippen molar-refractivity contribution in [2.75, 3.05) is 0 Å². The Morgan fingerprint density at radius 2 is 1.76 bits per heavy atom. The number of halogens is 1. The molecule has 0 aliphatic carbocycles. The Hall–Kier alpha value is -3.74. The van der Waals surface area contributed by atoms with Crippen LogP contribution >= 0.6 is 23.4 Å². The van der Waals surface area contributed by atoms with Crippen molar-refractivity contribution in [2.24, 2.45) is 0 Å². The Balaban J connectivity index is 1.54. The van der Waals surface area contributed by atoms with Crippen LogP contribution in [0.3, 0.4) is 0 Å². The lowest BCUT2D eigenvalue weighted by Crippen LogP contribution is -2.00. The van der Waals surface area contributed by atoms with Crippen LogP contribution in [0.15, 0.2) is 99.5 Å². The van der Waals surface area contributed by atoms with Crippen molar-refractivity contribution in [1.29, 1.82) is 0 Å². The normalized spacial score (nSPS) is 11.7. The smallest absolute Gasteiger partial charge is 0.342 e. The minimum absolute atomic E-state index is 0.0688. The second kappa shape index (κ2) is 9.63. The summed E-state index contributed by atoms with van der Waals surface area (Å²) in [4.78, 5) is 16.6. The molecule has 1 N–H and O–H groups in total.